The van der Waals surface area contributed by atoms with Crippen LogP contribution in [-0.4, -0.2) is 41.2 Å². The fourth-order valence-electron chi connectivity index (χ4n) is 3.15. The maximum atomic E-state index is 10.6. The molecule has 122 valence electrons. The van der Waals surface area contributed by atoms with Crippen LogP contribution >= 0.6 is 0 Å². The number of rotatable bonds is 6. The number of pyridine rings is 1. The number of carboxylic acid groups (broad SMARTS) is 1. The van der Waals surface area contributed by atoms with Crippen molar-refractivity contribution in [3.05, 3.63) is 22.9 Å². The molecule has 2 heterocycles. The zero-order chi connectivity index (χ0) is 16.1. The third-order valence-electron chi connectivity index (χ3n) is 4.60. The molecular weight excluding hydrogens is 280 g/mol. The first-order valence-corrected chi connectivity index (χ1v) is 7.95. The van der Waals surface area contributed by atoms with Gasteiger partial charge in [0.05, 0.1) is 7.11 Å². The zero-order valence-electron chi connectivity index (χ0n) is 13.8. The predicted molar refractivity (Wildman–Crippen MR) is 85.1 cm³/mol. The number of aryl methyl sites for hydroxylation is 2. The van der Waals surface area contributed by atoms with E-state index in [0.29, 0.717) is 18.2 Å². The van der Waals surface area contributed by atoms with Crippen molar-refractivity contribution in [1.82, 2.24) is 9.88 Å². The van der Waals surface area contributed by atoms with Gasteiger partial charge in [-0.25, -0.2) is 4.98 Å². The second-order valence-corrected chi connectivity index (χ2v) is 6.20. The van der Waals surface area contributed by atoms with Gasteiger partial charge in [0, 0.05) is 24.7 Å². The highest BCUT2D eigenvalue weighted by Gasteiger charge is 2.21. The van der Waals surface area contributed by atoms with E-state index in [1.807, 2.05) is 13.0 Å². The molecule has 1 fully saturated rings. The van der Waals surface area contributed by atoms with Gasteiger partial charge < -0.3 is 9.84 Å². The van der Waals surface area contributed by atoms with Crippen molar-refractivity contribution in [3.63, 3.8) is 0 Å². The summed E-state index contributed by atoms with van der Waals surface area (Å²) in [5.41, 5.74) is 3.53. The Kier molecular flexibility index (Phi) is 5.77. The summed E-state index contributed by atoms with van der Waals surface area (Å²) in [6.45, 7) is 7.13. The minimum Gasteiger partial charge on any atom is -0.481 e. The number of aliphatic carboxylic acids is 1. The van der Waals surface area contributed by atoms with Gasteiger partial charge in [-0.05, 0) is 63.2 Å². The molecule has 0 spiro atoms. The van der Waals surface area contributed by atoms with Crippen molar-refractivity contribution in [2.45, 2.75) is 46.1 Å². The van der Waals surface area contributed by atoms with E-state index < -0.39 is 5.97 Å². The number of carboxylic acids is 1. The van der Waals surface area contributed by atoms with E-state index in [-0.39, 0.29) is 0 Å². The van der Waals surface area contributed by atoms with Gasteiger partial charge in [-0.3, -0.25) is 9.69 Å². The normalized spacial score (nSPS) is 16.7. The minimum atomic E-state index is -0.682. The zero-order valence-corrected chi connectivity index (χ0v) is 13.8. The van der Waals surface area contributed by atoms with Crippen LogP contribution in [0.4, 0.5) is 0 Å². The van der Waals surface area contributed by atoms with Crippen LogP contribution in [0.2, 0.25) is 0 Å². The van der Waals surface area contributed by atoms with Gasteiger partial charge in [0.2, 0.25) is 5.88 Å². The Morgan fingerprint density at radius 2 is 2.09 bits per heavy atom. The van der Waals surface area contributed by atoms with Crippen LogP contribution in [0.3, 0.4) is 0 Å². The Morgan fingerprint density at radius 1 is 1.41 bits per heavy atom. The molecule has 0 aromatic carbocycles. The molecule has 5 nitrogen and oxygen atoms in total. The highest BCUT2D eigenvalue weighted by atomic mass is 16.5. The summed E-state index contributed by atoms with van der Waals surface area (Å²) in [5, 5.41) is 8.77. The average Bonchev–Trinajstić information content (AvgIpc) is 2.49. The quantitative estimate of drug-likeness (QED) is 0.875. The summed E-state index contributed by atoms with van der Waals surface area (Å²) in [6.07, 6.45) is 3.29. The Hall–Kier alpha value is -1.62. The molecule has 0 amide bonds. The highest BCUT2D eigenvalue weighted by molar-refractivity contribution is 5.66. The first kappa shape index (κ1) is 16.7. The molecule has 22 heavy (non-hydrogen) atoms. The number of ether oxygens (including phenoxy) is 1. The van der Waals surface area contributed by atoms with Crippen LogP contribution in [0.5, 0.6) is 5.88 Å². The lowest BCUT2D eigenvalue weighted by Crippen LogP contribution is -2.33. The molecule has 0 unspecified atom stereocenters. The molecule has 1 aliphatic heterocycles. The lowest BCUT2D eigenvalue weighted by atomic mass is 9.92. The Labute approximate surface area is 132 Å². The lowest BCUT2D eigenvalue weighted by molar-refractivity contribution is -0.137. The molecule has 0 saturated carbocycles. The van der Waals surface area contributed by atoms with Gasteiger partial charge in [0.1, 0.15) is 0 Å². The Bertz CT molecular complexity index is 500. The third-order valence-corrected chi connectivity index (χ3v) is 4.60. The maximum absolute atomic E-state index is 10.6. The van der Waals surface area contributed by atoms with Crippen LogP contribution in [0.25, 0.3) is 0 Å². The summed E-state index contributed by atoms with van der Waals surface area (Å²) in [6, 6.07) is 1.99. The maximum Gasteiger partial charge on any atom is 0.303 e. The van der Waals surface area contributed by atoms with Crippen molar-refractivity contribution in [1.29, 1.82) is 0 Å². The van der Waals surface area contributed by atoms with Crippen LogP contribution in [0, 0.1) is 19.8 Å². The number of hydrogen-bond donors (Lipinski definition) is 1. The average molecular weight is 306 g/mol. The van der Waals surface area contributed by atoms with Crippen molar-refractivity contribution in [2.75, 3.05) is 20.2 Å². The van der Waals surface area contributed by atoms with Gasteiger partial charge in [0.25, 0.3) is 0 Å². The second kappa shape index (κ2) is 7.58. The third kappa shape index (κ3) is 4.44. The number of carbonyl (C=O) groups is 1. The summed E-state index contributed by atoms with van der Waals surface area (Å²) in [7, 11) is 1.64. The molecular formula is C17H26N2O3. The van der Waals surface area contributed by atoms with Crippen molar-refractivity contribution in [2.24, 2.45) is 5.92 Å². The van der Waals surface area contributed by atoms with Gasteiger partial charge in [-0.2, -0.15) is 0 Å². The standard InChI is InChI=1S/C17H26N2O3/c1-12-10-16(22-3)18-13(2)15(12)11-19-8-6-14(7-9-19)4-5-17(20)21/h10,14H,4-9,11H2,1-3H3,(H,20,21). The van der Waals surface area contributed by atoms with E-state index in [0.717, 1.165) is 44.6 Å². The van der Waals surface area contributed by atoms with Gasteiger partial charge >= 0.3 is 5.97 Å². The molecule has 1 aromatic heterocycles. The van der Waals surface area contributed by atoms with E-state index in [1.54, 1.807) is 7.11 Å². The molecule has 0 bridgehead atoms. The minimum absolute atomic E-state index is 0.297. The number of nitrogens with zero attached hydrogens (tertiary/aromatic N) is 2. The van der Waals surface area contributed by atoms with E-state index in [9.17, 15) is 4.79 Å². The smallest absolute Gasteiger partial charge is 0.303 e. The van der Waals surface area contributed by atoms with Crippen molar-refractivity contribution >= 4 is 5.97 Å². The summed E-state index contributed by atoms with van der Waals surface area (Å²) in [4.78, 5) is 17.6. The van der Waals surface area contributed by atoms with Crippen LogP contribution in [0.1, 0.15) is 42.5 Å². The molecule has 5 heteroatoms. The Balaban J connectivity index is 1.90. The fraction of sp³-hybridized carbons (Fsp3) is 0.647. The fourth-order valence-corrected chi connectivity index (χ4v) is 3.15. The van der Waals surface area contributed by atoms with Gasteiger partial charge in [0.15, 0.2) is 0 Å². The van der Waals surface area contributed by atoms with E-state index >= 15 is 0 Å². The monoisotopic (exact) mass is 306 g/mol. The largest absolute Gasteiger partial charge is 0.481 e. The van der Waals surface area contributed by atoms with E-state index in [1.165, 1.54) is 11.1 Å². The van der Waals surface area contributed by atoms with Crippen LogP contribution in [0.15, 0.2) is 6.07 Å². The van der Waals surface area contributed by atoms with E-state index in [2.05, 4.69) is 16.8 Å². The summed E-state index contributed by atoms with van der Waals surface area (Å²) < 4.78 is 5.21. The van der Waals surface area contributed by atoms with Gasteiger partial charge in [-0.1, -0.05) is 0 Å². The molecule has 1 aliphatic rings. The van der Waals surface area contributed by atoms with Crippen LogP contribution in [-0.2, 0) is 11.3 Å². The molecule has 2 rings (SSSR count). The molecule has 0 radical (unpaired) electrons. The lowest BCUT2D eigenvalue weighted by Gasteiger charge is -2.32. The molecule has 1 N–H and O–H groups in total. The predicted octanol–water partition coefficient (Wildman–Crippen LogP) is 2.78. The van der Waals surface area contributed by atoms with E-state index in [4.69, 9.17) is 9.84 Å². The molecule has 0 aliphatic carbocycles. The number of likely N-dealkylation sites (tertiary alicyclic amines) is 1. The highest BCUT2D eigenvalue weighted by Crippen LogP contribution is 2.25. The first-order chi connectivity index (χ1) is 10.5. The van der Waals surface area contributed by atoms with Crippen molar-refractivity contribution < 1.29 is 14.6 Å². The van der Waals surface area contributed by atoms with Gasteiger partial charge in [-0.15, -0.1) is 0 Å². The second-order valence-electron chi connectivity index (χ2n) is 6.20. The summed E-state index contributed by atoms with van der Waals surface area (Å²) >= 11 is 0. The Morgan fingerprint density at radius 3 is 2.64 bits per heavy atom. The summed E-state index contributed by atoms with van der Waals surface area (Å²) in [5.74, 6) is 0.549. The first-order valence-electron chi connectivity index (χ1n) is 7.95. The number of methoxy groups -OCH3 is 1. The molecule has 0 atom stereocenters. The van der Waals surface area contributed by atoms with Crippen LogP contribution < -0.4 is 4.74 Å². The number of piperidine rings is 1. The topological polar surface area (TPSA) is 62.7 Å². The molecule has 1 aromatic rings. The van der Waals surface area contributed by atoms with Crippen molar-refractivity contribution in [3.8, 4) is 5.88 Å². The SMILES string of the molecule is COc1cc(C)c(CN2CCC(CCC(=O)O)CC2)c(C)n1. The number of aromatic nitrogens is 1. The number of hydrogen-bond acceptors (Lipinski definition) is 4. The molecule has 1 saturated heterocycles.